The van der Waals surface area contributed by atoms with E-state index in [1.54, 1.807) is 30.3 Å². The monoisotopic (exact) mass is 270 g/mol. The molecule has 1 aliphatic rings. The van der Waals surface area contributed by atoms with Crippen molar-refractivity contribution in [3.63, 3.8) is 0 Å². The van der Waals surface area contributed by atoms with Gasteiger partial charge >= 0.3 is 0 Å². The van der Waals surface area contributed by atoms with Crippen LogP contribution in [0, 0.1) is 5.92 Å². The fourth-order valence-electron chi connectivity index (χ4n) is 2.42. The van der Waals surface area contributed by atoms with E-state index in [2.05, 4.69) is 0 Å². The maximum atomic E-state index is 12.4. The van der Waals surface area contributed by atoms with E-state index in [0.29, 0.717) is 16.9 Å². The Labute approximate surface area is 116 Å². The van der Waals surface area contributed by atoms with Crippen LogP contribution in [0.4, 0.5) is 0 Å². The van der Waals surface area contributed by atoms with Crippen molar-refractivity contribution in [2.45, 2.75) is 6.10 Å². The number of ketones is 1. The Kier molecular flexibility index (Phi) is 3.16. The van der Waals surface area contributed by atoms with Gasteiger partial charge in [0.25, 0.3) is 0 Å². The second-order valence-electron chi connectivity index (χ2n) is 4.81. The molecule has 102 valence electrons. The lowest BCUT2D eigenvalue weighted by Gasteiger charge is -2.29. The summed E-state index contributed by atoms with van der Waals surface area (Å²) in [6, 6.07) is 13.3. The molecule has 1 heterocycles. The molecule has 0 saturated carbocycles. The molecule has 3 rings (SSSR count). The SMILES string of the molecule is O=C(c1ccccc1)C1COc2ccc(O)cc2C1O. The van der Waals surface area contributed by atoms with Gasteiger partial charge < -0.3 is 14.9 Å². The second-order valence-corrected chi connectivity index (χ2v) is 4.81. The Morgan fingerprint density at radius 3 is 2.65 bits per heavy atom. The Bertz CT molecular complexity index is 636. The fraction of sp³-hybridized carbons (Fsp3) is 0.188. The maximum Gasteiger partial charge on any atom is 0.172 e. The van der Waals surface area contributed by atoms with Crippen LogP contribution in [0.1, 0.15) is 22.0 Å². The topological polar surface area (TPSA) is 66.8 Å². The quantitative estimate of drug-likeness (QED) is 0.822. The zero-order valence-corrected chi connectivity index (χ0v) is 10.7. The van der Waals surface area contributed by atoms with Crippen molar-refractivity contribution in [2.24, 2.45) is 5.92 Å². The van der Waals surface area contributed by atoms with Crippen molar-refractivity contribution < 1.29 is 19.7 Å². The number of ether oxygens (including phenoxy) is 1. The van der Waals surface area contributed by atoms with Crippen LogP contribution < -0.4 is 4.74 Å². The van der Waals surface area contributed by atoms with Crippen LogP contribution in [0.15, 0.2) is 48.5 Å². The highest BCUT2D eigenvalue weighted by Gasteiger charge is 2.35. The van der Waals surface area contributed by atoms with Gasteiger partial charge in [-0.2, -0.15) is 0 Å². The third kappa shape index (κ3) is 2.14. The van der Waals surface area contributed by atoms with Gasteiger partial charge in [-0.3, -0.25) is 4.79 Å². The molecule has 2 N–H and O–H groups in total. The summed E-state index contributed by atoms with van der Waals surface area (Å²) >= 11 is 0. The molecule has 0 bridgehead atoms. The van der Waals surface area contributed by atoms with E-state index < -0.39 is 12.0 Å². The zero-order valence-electron chi connectivity index (χ0n) is 10.7. The zero-order chi connectivity index (χ0) is 14.1. The van der Waals surface area contributed by atoms with Gasteiger partial charge in [0.05, 0.1) is 12.0 Å². The Morgan fingerprint density at radius 2 is 1.90 bits per heavy atom. The third-order valence-electron chi connectivity index (χ3n) is 3.51. The highest BCUT2D eigenvalue weighted by molar-refractivity contribution is 5.98. The van der Waals surface area contributed by atoms with Crippen LogP contribution in [0.3, 0.4) is 0 Å². The van der Waals surface area contributed by atoms with Crippen LogP contribution >= 0.6 is 0 Å². The molecule has 4 heteroatoms. The molecule has 0 spiro atoms. The summed E-state index contributed by atoms with van der Waals surface area (Å²) in [5, 5.41) is 19.9. The number of rotatable bonds is 2. The molecule has 1 aliphatic heterocycles. The lowest BCUT2D eigenvalue weighted by Crippen LogP contribution is -2.32. The molecular formula is C16H14O4. The molecule has 2 unspecified atom stereocenters. The molecule has 0 radical (unpaired) electrons. The highest BCUT2D eigenvalue weighted by Crippen LogP contribution is 2.38. The summed E-state index contributed by atoms with van der Waals surface area (Å²) in [5.41, 5.74) is 0.995. The van der Waals surface area contributed by atoms with Crippen LogP contribution in [-0.4, -0.2) is 22.6 Å². The van der Waals surface area contributed by atoms with Gasteiger partial charge in [-0.1, -0.05) is 30.3 Å². The molecule has 2 aromatic carbocycles. The van der Waals surface area contributed by atoms with Gasteiger partial charge in [-0.15, -0.1) is 0 Å². The third-order valence-corrected chi connectivity index (χ3v) is 3.51. The summed E-state index contributed by atoms with van der Waals surface area (Å²) in [6.07, 6.45) is -0.974. The van der Waals surface area contributed by atoms with E-state index in [9.17, 15) is 15.0 Å². The molecule has 2 aromatic rings. The predicted molar refractivity (Wildman–Crippen MR) is 72.8 cm³/mol. The first-order chi connectivity index (χ1) is 9.66. The average Bonchev–Trinajstić information content (AvgIpc) is 2.48. The van der Waals surface area contributed by atoms with E-state index in [0.717, 1.165) is 0 Å². The minimum absolute atomic E-state index is 0.0409. The van der Waals surface area contributed by atoms with Crippen LogP contribution in [-0.2, 0) is 0 Å². The number of carbonyl (C=O) groups is 1. The molecule has 0 saturated heterocycles. The fourth-order valence-corrected chi connectivity index (χ4v) is 2.42. The first kappa shape index (κ1) is 12.7. The molecule has 0 fully saturated rings. The van der Waals surface area contributed by atoms with Crippen LogP contribution in [0.5, 0.6) is 11.5 Å². The van der Waals surface area contributed by atoms with E-state index in [-0.39, 0.29) is 18.1 Å². The number of fused-ring (bicyclic) bond motifs is 1. The molecule has 20 heavy (non-hydrogen) atoms. The number of aliphatic hydroxyl groups is 1. The largest absolute Gasteiger partial charge is 0.508 e. The van der Waals surface area contributed by atoms with Crippen LogP contribution in [0.2, 0.25) is 0 Å². The number of phenols is 1. The summed E-state index contributed by atoms with van der Waals surface area (Å²) < 4.78 is 5.51. The molecule has 0 amide bonds. The number of phenolic OH excluding ortho intramolecular Hbond substituents is 1. The summed E-state index contributed by atoms with van der Waals surface area (Å²) in [5.74, 6) is -0.273. The first-order valence-electron chi connectivity index (χ1n) is 6.40. The minimum atomic E-state index is -0.974. The van der Waals surface area contributed by atoms with Gasteiger partial charge in [0, 0.05) is 11.1 Å². The number of hydrogen-bond donors (Lipinski definition) is 2. The van der Waals surface area contributed by atoms with Gasteiger partial charge in [0.2, 0.25) is 0 Å². The number of carbonyl (C=O) groups excluding carboxylic acids is 1. The van der Waals surface area contributed by atoms with Crippen molar-refractivity contribution in [1.82, 2.24) is 0 Å². The van der Waals surface area contributed by atoms with Crippen molar-refractivity contribution in [3.05, 3.63) is 59.7 Å². The summed E-state index contributed by atoms with van der Waals surface area (Å²) in [4.78, 5) is 12.4. The van der Waals surface area contributed by atoms with E-state index in [4.69, 9.17) is 4.74 Å². The van der Waals surface area contributed by atoms with Crippen LogP contribution in [0.25, 0.3) is 0 Å². The van der Waals surface area contributed by atoms with Crippen molar-refractivity contribution in [2.75, 3.05) is 6.61 Å². The van der Waals surface area contributed by atoms with Gasteiger partial charge in [0.15, 0.2) is 5.78 Å². The van der Waals surface area contributed by atoms with E-state index in [1.807, 2.05) is 6.07 Å². The number of aliphatic hydroxyl groups excluding tert-OH is 1. The van der Waals surface area contributed by atoms with Crippen molar-refractivity contribution in [3.8, 4) is 11.5 Å². The molecular weight excluding hydrogens is 256 g/mol. The Morgan fingerprint density at radius 1 is 1.15 bits per heavy atom. The number of benzene rings is 2. The molecule has 4 nitrogen and oxygen atoms in total. The number of hydrogen-bond acceptors (Lipinski definition) is 4. The summed E-state index contributed by atoms with van der Waals surface area (Å²) in [7, 11) is 0. The summed E-state index contributed by atoms with van der Waals surface area (Å²) in [6.45, 7) is 0.132. The Balaban J connectivity index is 1.92. The lowest BCUT2D eigenvalue weighted by atomic mass is 9.87. The normalized spacial score (nSPS) is 20.9. The highest BCUT2D eigenvalue weighted by atomic mass is 16.5. The standard InChI is InChI=1S/C16H14O4/c17-11-6-7-14-12(8-11)16(19)13(9-20-14)15(18)10-4-2-1-3-5-10/h1-8,13,16-17,19H,9H2. The van der Waals surface area contributed by atoms with Gasteiger partial charge in [0.1, 0.15) is 18.1 Å². The predicted octanol–water partition coefficient (Wildman–Crippen LogP) is 2.32. The second kappa shape index (κ2) is 4.98. The maximum absolute atomic E-state index is 12.4. The smallest absolute Gasteiger partial charge is 0.172 e. The number of Topliss-reactive ketones (excluding diaryl/α,β-unsaturated/α-hetero) is 1. The molecule has 0 aromatic heterocycles. The first-order valence-corrected chi connectivity index (χ1v) is 6.40. The van der Waals surface area contributed by atoms with Crippen molar-refractivity contribution >= 4 is 5.78 Å². The number of aromatic hydroxyl groups is 1. The minimum Gasteiger partial charge on any atom is -0.508 e. The molecule has 0 aliphatic carbocycles. The van der Waals surface area contributed by atoms with Gasteiger partial charge in [-0.05, 0) is 18.2 Å². The molecule has 2 atom stereocenters. The average molecular weight is 270 g/mol. The van der Waals surface area contributed by atoms with Gasteiger partial charge in [-0.25, -0.2) is 0 Å². The lowest BCUT2D eigenvalue weighted by molar-refractivity contribution is 0.0416. The van der Waals surface area contributed by atoms with Crippen molar-refractivity contribution in [1.29, 1.82) is 0 Å². The van der Waals surface area contributed by atoms with E-state index >= 15 is 0 Å². The van der Waals surface area contributed by atoms with E-state index in [1.165, 1.54) is 12.1 Å². The Hall–Kier alpha value is -2.33.